The molecule has 2 atom stereocenters. The van der Waals surface area contributed by atoms with Crippen molar-refractivity contribution in [2.45, 2.75) is 30.5 Å². The van der Waals surface area contributed by atoms with Gasteiger partial charge in [-0.3, -0.25) is 9.59 Å². The fourth-order valence-electron chi connectivity index (χ4n) is 3.95. The highest BCUT2D eigenvalue weighted by molar-refractivity contribution is 6.30. The van der Waals surface area contributed by atoms with Gasteiger partial charge in [0.1, 0.15) is 17.2 Å². The molecule has 2 N–H and O–H groups in total. The number of amides is 1. The summed E-state index contributed by atoms with van der Waals surface area (Å²) < 4.78 is 51.0. The van der Waals surface area contributed by atoms with E-state index in [9.17, 15) is 27.9 Å². The van der Waals surface area contributed by atoms with Crippen LogP contribution in [0.3, 0.4) is 0 Å². The van der Waals surface area contributed by atoms with Crippen LogP contribution in [0.1, 0.15) is 39.4 Å². The number of benzene rings is 3. The Morgan fingerprint density at radius 1 is 1.05 bits per heavy atom. The molecule has 0 radical (unpaired) electrons. The molecule has 2 unspecified atom stereocenters. The molecule has 0 aromatic heterocycles. The van der Waals surface area contributed by atoms with Crippen LogP contribution in [0, 0.1) is 0 Å². The highest BCUT2D eigenvalue weighted by Gasteiger charge is 2.34. The molecule has 37 heavy (non-hydrogen) atoms. The molecular weight excluding hydrogens is 534 g/mol. The molecule has 0 fully saturated rings. The molecule has 1 amide bonds. The van der Waals surface area contributed by atoms with E-state index in [2.05, 4.69) is 5.32 Å². The summed E-state index contributed by atoms with van der Waals surface area (Å²) in [7, 11) is 0. The first-order valence-corrected chi connectivity index (χ1v) is 11.9. The van der Waals surface area contributed by atoms with Crippen LogP contribution in [0.15, 0.2) is 60.7 Å². The van der Waals surface area contributed by atoms with E-state index in [4.69, 9.17) is 32.7 Å². The van der Waals surface area contributed by atoms with Crippen LogP contribution in [-0.4, -0.2) is 29.1 Å². The fraction of sp³-hybridized carbons (Fsp3) is 0.231. The summed E-state index contributed by atoms with van der Waals surface area (Å²) in [5.41, 5.74) is -0.776. The number of alkyl halides is 4. The Kier molecular flexibility index (Phi) is 7.85. The second-order valence-electron chi connectivity index (χ2n) is 8.29. The third-order valence-corrected chi connectivity index (χ3v) is 6.25. The first-order chi connectivity index (χ1) is 17.5. The Balaban J connectivity index is 1.37. The van der Waals surface area contributed by atoms with Gasteiger partial charge in [-0.15, -0.1) is 0 Å². The topological polar surface area (TPSA) is 84.9 Å². The zero-order valence-corrected chi connectivity index (χ0v) is 20.5. The average Bonchev–Trinajstić information content (AvgIpc) is 2.84. The molecule has 4 rings (SSSR count). The summed E-state index contributed by atoms with van der Waals surface area (Å²) in [6, 6.07) is 14.4. The molecule has 1 aliphatic heterocycles. The Labute approximate surface area is 219 Å². The van der Waals surface area contributed by atoms with E-state index in [-0.39, 0.29) is 30.0 Å². The van der Waals surface area contributed by atoms with Gasteiger partial charge < -0.3 is 19.9 Å². The number of ether oxygens (including phenoxy) is 2. The Morgan fingerprint density at radius 2 is 1.76 bits per heavy atom. The lowest BCUT2D eigenvalue weighted by molar-refractivity contribution is -0.140. The van der Waals surface area contributed by atoms with E-state index in [1.807, 2.05) is 0 Å². The highest BCUT2D eigenvalue weighted by Crippen LogP contribution is 2.40. The number of fused-ring (bicyclic) bond motifs is 1. The number of carbonyl (C=O) groups excluding carboxylic acids is 1. The summed E-state index contributed by atoms with van der Waals surface area (Å²) >= 11 is 11.7. The van der Waals surface area contributed by atoms with Gasteiger partial charge in [0.25, 0.3) is 5.91 Å². The first-order valence-electron chi connectivity index (χ1n) is 11.1. The van der Waals surface area contributed by atoms with Crippen molar-refractivity contribution >= 4 is 35.1 Å². The van der Waals surface area contributed by atoms with Crippen LogP contribution in [-0.2, 0) is 17.4 Å². The Morgan fingerprint density at radius 3 is 2.43 bits per heavy atom. The molecule has 194 valence electrons. The maximum absolute atomic E-state index is 13.2. The summed E-state index contributed by atoms with van der Waals surface area (Å²) in [4.78, 5) is 23.9. The van der Waals surface area contributed by atoms with Crippen molar-refractivity contribution in [2.75, 3.05) is 6.54 Å². The van der Waals surface area contributed by atoms with Crippen molar-refractivity contribution in [1.82, 2.24) is 5.32 Å². The van der Waals surface area contributed by atoms with Crippen LogP contribution in [0.2, 0.25) is 5.02 Å². The molecular formula is C26H20Cl2F3NO5. The van der Waals surface area contributed by atoms with Crippen molar-refractivity contribution in [2.24, 2.45) is 0 Å². The number of aliphatic carboxylic acids is 1. The van der Waals surface area contributed by atoms with Gasteiger partial charge in [0.2, 0.25) is 0 Å². The van der Waals surface area contributed by atoms with Gasteiger partial charge in [0.05, 0.1) is 11.5 Å². The lowest BCUT2D eigenvalue weighted by atomic mass is 9.93. The fourth-order valence-corrected chi connectivity index (χ4v) is 4.40. The van der Waals surface area contributed by atoms with Crippen molar-refractivity contribution in [1.29, 1.82) is 0 Å². The summed E-state index contributed by atoms with van der Waals surface area (Å²) in [5.74, 6) is -1.12. The van der Waals surface area contributed by atoms with Crippen molar-refractivity contribution in [3.05, 3.63) is 87.9 Å². The standard InChI is InChI=1S/C26H20Cl2F3NO5/c27-16-4-1-14(21(11-16)26(29,30)31)9-10-32-24(33)15-2-5-17(6-3-15)36-18-7-8-19-20(25(34)35)13-23(28)37-22(19)12-18/h1-8,11-12,20,23H,9-10,13H2,(H,32,33)(H,34,35). The second kappa shape index (κ2) is 10.9. The largest absolute Gasteiger partial charge is 0.481 e. The third-order valence-electron chi connectivity index (χ3n) is 5.74. The predicted octanol–water partition coefficient (Wildman–Crippen LogP) is 6.64. The Hall–Kier alpha value is -3.43. The van der Waals surface area contributed by atoms with E-state index in [1.54, 1.807) is 30.3 Å². The number of carboxylic acid groups (broad SMARTS) is 1. The molecule has 1 aliphatic rings. The molecule has 0 spiro atoms. The quantitative estimate of drug-likeness (QED) is 0.320. The maximum Gasteiger partial charge on any atom is 0.416 e. The zero-order chi connectivity index (χ0) is 26.7. The molecule has 0 saturated carbocycles. The summed E-state index contributed by atoms with van der Waals surface area (Å²) in [5, 5.41) is 12.0. The SMILES string of the molecule is O=C(NCCc1ccc(Cl)cc1C(F)(F)F)c1ccc(Oc2ccc3c(c2)OC(Cl)CC3C(=O)O)cc1. The van der Waals surface area contributed by atoms with E-state index >= 15 is 0 Å². The summed E-state index contributed by atoms with van der Waals surface area (Å²) in [6.07, 6.45) is -4.42. The highest BCUT2D eigenvalue weighted by atomic mass is 35.5. The Bertz CT molecular complexity index is 1310. The van der Waals surface area contributed by atoms with Gasteiger partial charge in [-0.25, -0.2) is 0 Å². The zero-order valence-electron chi connectivity index (χ0n) is 19.0. The van der Waals surface area contributed by atoms with E-state index in [1.165, 1.54) is 24.3 Å². The van der Waals surface area contributed by atoms with Crippen molar-refractivity contribution in [3.63, 3.8) is 0 Å². The van der Waals surface area contributed by atoms with Gasteiger partial charge in [-0.2, -0.15) is 13.2 Å². The van der Waals surface area contributed by atoms with Gasteiger partial charge >= 0.3 is 12.1 Å². The van der Waals surface area contributed by atoms with Crippen molar-refractivity contribution < 1.29 is 37.3 Å². The van der Waals surface area contributed by atoms with E-state index in [0.717, 1.165) is 6.07 Å². The van der Waals surface area contributed by atoms with Gasteiger partial charge in [-0.1, -0.05) is 35.3 Å². The number of halogens is 5. The minimum absolute atomic E-state index is 0.00414. The predicted molar refractivity (Wildman–Crippen MR) is 131 cm³/mol. The second-order valence-corrected chi connectivity index (χ2v) is 9.21. The first kappa shape index (κ1) is 26.6. The molecule has 3 aromatic rings. The number of carboxylic acids is 1. The third kappa shape index (κ3) is 6.47. The molecule has 0 bridgehead atoms. The number of hydrogen-bond donors (Lipinski definition) is 2. The number of nitrogens with one attached hydrogen (secondary N) is 1. The van der Waals surface area contributed by atoms with Crippen LogP contribution in [0.4, 0.5) is 13.2 Å². The van der Waals surface area contributed by atoms with E-state index in [0.29, 0.717) is 28.4 Å². The number of hydrogen-bond acceptors (Lipinski definition) is 4. The average molecular weight is 554 g/mol. The molecule has 1 heterocycles. The minimum atomic E-state index is -4.55. The molecule has 6 nitrogen and oxygen atoms in total. The lowest BCUT2D eigenvalue weighted by Crippen LogP contribution is -2.26. The van der Waals surface area contributed by atoms with Gasteiger partial charge in [0.15, 0.2) is 5.56 Å². The van der Waals surface area contributed by atoms with Gasteiger partial charge in [-0.05, 0) is 54.4 Å². The molecule has 3 aromatic carbocycles. The van der Waals surface area contributed by atoms with Crippen LogP contribution >= 0.6 is 23.2 Å². The molecule has 0 saturated heterocycles. The molecule has 0 aliphatic carbocycles. The monoisotopic (exact) mass is 553 g/mol. The van der Waals surface area contributed by atoms with Crippen LogP contribution in [0.25, 0.3) is 0 Å². The lowest BCUT2D eigenvalue weighted by Gasteiger charge is -2.27. The van der Waals surface area contributed by atoms with Gasteiger partial charge in [0, 0.05) is 35.2 Å². The summed E-state index contributed by atoms with van der Waals surface area (Å²) in [6.45, 7) is -0.00414. The maximum atomic E-state index is 13.2. The van der Waals surface area contributed by atoms with Crippen molar-refractivity contribution in [3.8, 4) is 17.2 Å². The number of carbonyl (C=O) groups is 2. The smallest absolute Gasteiger partial charge is 0.416 e. The molecule has 11 heteroatoms. The number of rotatable bonds is 7. The van der Waals surface area contributed by atoms with Crippen LogP contribution < -0.4 is 14.8 Å². The van der Waals surface area contributed by atoms with E-state index < -0.39 is 35.1 Å². The van der Waals surface area contributed by atoms with Crippen LogP contribution in [0.5, 0.6) is 17.2 Å². The normalized spacial score (nSPS) is 16.9. The minimum Gasteiger partial charge on any atom is -0.481 e.